The van der Waals surface area contributed by atoms with Crippen LogP contribution < -0.4 is 5.56 Å². The van der Waals surface area contributed by atoms with E-state index in [1.165, 1.54) is 16.5 Å². The number of hydrogen-bond acceptors (Lipinski definition) is 5. The second kappa shape index (κ2) is 8.91. The van der Waals surface area contributed by atoms with Crippen molar-refractivity contribution in [2.75, 3.05) is 19.8 Å². The summed E-state index contributed by atoms with van der Waals surface area (Å²) in [5.41, 5.74) is 2.22. The molecule has 1 aromatic carbocycles. The first-order valence-corrected chi connectivity index (χ1v) is 11.5. The maximum atomic E-state index is 14.8. The smallest absolute Gasteiger partial charge is 0.261 e. The van der Waals surface area contributed by atoms with E-state index in [9.17, 15) is 13.6 Å². The van der Waals surface area contributed by atoms with Gasteiger partial charge in [-0.15, -0.1) is 0 Å². The zero-order valence-electron chi connectivity index (χ0n) is 18.8. The van der Waals surface area contributed by atoms with Crippen LogP contribution in [0.2, 0.25) is 0 Å². The normalized spacial score (nSPS) is 22.1. The number of nitrogens with zero attached hydrogens (tertiary/aromatic N) is 3. The molecule has 0 amide bonds. The lowest BCUT2D eigenvalue weighted by Gasteiger charge is -2.36. The number of ether oxygens (including phenoxy) is 2. The van der Waals surface area contributed by atoms with Gasteiger partial charge in [0.05, 0.1) is 11.8 Å². The van der Waals surface area contributed by atoms with Crippen molar-refractivity contribution < 1.29 is 18.3 Å². The minimum atomic E-state index is -0.735. The van der Waals surface area contributed by atoms with Crippen LogP contribution in [0.4, 0.5) is 8.78 Å². The van der Waals surface area contributed by atoms with E-state index < -0.39 is 11.6 Å². The molecular weight excluding hydrogens is 428 g/mol. The molecule has 0 radical (unpaired) electrons. The highest BCUT2D eigenvalue weighted by atomic mass is 19.1. The Morgan fingerprint density at radius 1 is 1.06 bits per heavy atom. The molecule has 0 spiro atoms. The number of fused-ring (bicyclic) bond motifs is 1. The van der Waals surface area contributed by atoms with Gasteiger partial charge in [-0.2, -0.15) is 0 Å². The van der Waals surface area contributed by atoms with Gasteiger partial charge in [-0.25, -0.2) is 18.7 Å². The van der Waals surface area contributed by atoms with Gasteiger partial charge in [0.25, 0.3) is 5.56 Å². The number of benzene rings is 1. The first-order valence-electron chi connectivity index (χ1n) is 11.5. The van der Waals surface area contributed by atoms with E-state index in [1.807, 2.05) is 0 Å². The van der Waals surface area contributed by atoms with Crippen LogP contribution in [0.3, 0.4) is 0 Å². The Kier molecular flexibility index (Phi) is 5.97. The van der Waals surface area contributed by atoms with E-state index in [2.05, 4.69) is 4.98 Å². The second-order valence-corrected chi connectivity index (χ2v) is 9.04. The van der Waals surface area contributed by atoms with Crippen LogP contribution in [0.5, 0.6) is 0 Å². The molecule has 5 rings (SSSR count). The largest absolute Gasteiger partial charge is 0.381 e. The average molecular weight is 456 g/mol. The third kappa shape index (κ3) is 4.17. The van der Waals surface area contributed by atoms with Crippen molar-refractivity contribution in [3.63, 3.8) is 0 Å². The maximum absolute atomic E-state index is 14.8. The summed E-state index contributed by atoms with van der Waals surface area (Å²) in [6, 6.07) is 3.37. The van der Waals surface area contributed by atoms with Crippen molar-refractivity contribution in [1.29, 1.82) is 0 Å². The van der Waals surface area contributed by atoms with Gasteiger partial charge in [0.1, 0.15) is 17.3 Å². The molecule has 2 aromatic heterocycles. The molecule has 0 bridgehead atoms. The van der Waals surface area contributed by atoms with Gasteiger partial charge in [-0.3, -0.25) is 9.20 Å². The summed E-state index contributed by atoms with van der Waals surface area (Å²) < 4.78 is 41.4. The van der Waals surface area contributed by atoms with E-state index in [0.29, 0.717) is 29.5 Å². The maximum Gasteiger partial charge on any atom is 0.261 e. The predicted molar refractivity (Wildman–Crippen MR) is 119 cm³/mol. The summed E-state index contributed by atoms with van der Waals surface area (Å²) in [6.07, 6.45) is 5.31. The minimum Gasteiger partial charge on any atom is -0.381 e. The zero-order valence-corrected chi connectivity index (χ0v) is 18.8. The highest BCUT2D eigenvalue weighted by Gasteiger charge is 2.32. The third-order valence-electron chi connectivity index (χ3n) is 7.01. The van der Waals surface area contributed by atoms with Crippen molar-refractivity contribution in [3.05, 3.63) is 63.3 Å². The molecule has 3 aromatic rings. The SMILES string of the molecule is Cc1nc2c(-c3ccc(F)cc3F)nc([C@H]3CCO[C@@H](C4CCOCC4)C3)cn2c(=O)c1C. The fraction of sp³-hybridized carbons (Fsp3) is 0.480. The molecule has 8 heteroatoms. The van der Waals surface area contributed by atoms with Crippen LogP contribution in [0.25, 0.3) is 16.9 Å². The molecule has 2 saturated heterocycles. The van der Waals surface area contributed by atoms with Crippen molar-refractivity contribution in [2.45, 2.75) is 51.6 Å². The average Bonchev–Trinajstić information content (AvgIpc) is 2.83. The lowest BCUT2D eigenvalue weighted by Crippen LogP contribution is -2.35. The predicted octanol–water partition coefficient (Wildman–Crippen LogP) is 4.34. The molecule has 0 unspecified atom stereocenters. The molecule has 2 aliphatic heterocycles. The van der Waals surface area contributed by atoms with E-state index in [0.717, 1.165) is 45.0 Å². The molecule has 2 atom stereocenters. The Balaban J connectivity index is 1.63. The molecular formula is C25H27F2N3O3. The number of aryl methyl sites for hydroxylation is 1. The van der Waals surface area contributed by atoms with E-state index in [-0.39, 0.29) is 34.5 Å². The summed E-state index contributed by atoms with van der Waals surface area (Å²) in [5, 5.41) is 0. The Morgan fingerprint density at radius 3 is 2.61 bits per heavy atom. The number of rotatable bonds is 3. The van der Waals surface area contributed by atoms with Gasteiger partial charge in [0.15, 0.2) is 5.65 Å². The molecule has 6 nitrogen and oxygen atoms in total. The van der Waals surface area contributed by atoms with E-state index >= 15 is 0 Å². The third-order valence-corrected chi connectivity index (χ3v) is 7.01. The zero-order chi connectivity index (χ0) is 23.1. The Labute approximate surface area is 190 Å². The van der Waals surface area contributed by atoms with Crippen LogP contribution in [0.1, 0.15) is 48.6 Å². The van der Waals surface area contributed by atoms with Crippen LogP contribution in [-0.4, -0.2) is 40.3 Å². The van der Waals surface area contributed by atoms with Crippen molar-refractivity contribution in [3.8, 4) is 11.3 Å². The van der Waals surface area contributed by atoms with E-state index in [4.69, 9.17) is 14.5 Å². The standard InChI is InChI=1S/C25H27F2N3O3/c1-14-15(2)28-24-23(19-4-3-18(26)12-20(19)27)29-21(13-30(24)25(14)31)17-7-10-33-22(11-17)16-5-8-32-9-6-16/h3-4,12-13,16-17,22H,5-11H2,1-2H3/t17-,22+/m0/s1. The topological polar surface area (TPSA) is 65.7 Å². The van der Waals surface area contributed by atoms with Crippen LogP contribution in [-0.2, 0) is 9.47 Å². The number of hydrogen-bond donors (Lipinski definition) is 0. The van der Waals surface area contributed by atoms with Crippen LogP contribution in [0.15, 0.2) is 29.2 Å². The summed E-state index contributed by atoms with van der Waals surface area (Å²) in [5.74, 6) is -0.907. The van der Waals surface area contributed by atoms with Gasteiger partial charge < -0.3 is 9.47 Å². The first kappa shape index (κ1) is 22.1. The molecule has 2 aliphatic rings. The van der Waals surface area contributed by atoms with Crippen LogP contribution >= 0.6 is 0 Å². The highest BCUT2D eigenvalue weighted by Crippen LogP contribution is 2.36. The number of aromatic nitrogens is 3. The Bertz CT molecular complexity index is 1250. The molecule has 174 valence electrons. The van der Waals surface area contributed by atoms with Gasteiger partial charge in [-0.1, -0.05) is 0 Å². The summed E-state index contributed by atoms with van der Waals surface area (Å²) in [6.45, 7) is 5.57. The molecule has 33 heavy (non-hydrogen) atoms. The van der Waals surface area contributed by atoms with Crippen molar-refractivity contribution >= 4 is 5.65 Å². The molecule has 2 fully saturated rings. The quantitative estimate of drug-likeness (QED) is 0.588. The molecule has 0 aliphatic carbocycles. The minimum absolute atomic E-state index is 0.0618. The van der Waals surface area contributed by atoms with Gasteiger partial charge >= 0.3 is 0 Å². The summed E-state index contributed by atoms with van der Waals surface area (Å²) >= 11 is 0. The molecule has 0 saturated carbocycles. The van der Waals surface area contributed by atoms with Gasteiger partial charge in [-0.05, 0) is 57.6 Å². The Morgan fingerprint density at radius 2 is 1.85 bits per heavy atom. The van der Waals surface area contributed by atoms with Crippen molar-refractivity contribution in [2.24, 2.45) is 5.92 Å². The first-order chi connectivity index (χ1) is 15.9. The summed E-state index contributed by atoms with van der Waals surface area (Å²) in [7, 11) is 0. The number of halogens is 2. The fourth-order valence-electron chi connectivity index (χ4n) is 4.93. The van der Waals surface area contributed by atoms with Crippen LogP contribution in [0, 0.1) is 31.4 Å². The van der Waals surface area contributed by atoms with Gasteiger partial charge in [0.2, 0.25) is 0 Å². The molecule has 4 heterocycles. The Hall–Kier alpha value is -2.71. The lowest BCUT2D eigenvalue weighted by molar-refractivity contribution is -0.0616. The fourth-order valence-corrected chi connectivity index (χ4v) is 4.93. The monoisotopic (exact) mass is 455 g/mol. The summed E-state index contributed by atoms with van der Waals surface area (Å²) in [4.78, 5) is 22.5. The van der Waals surface area contributed by atoms with Gasteiger partial charge in [0, 0.05) is 54.8 Å². The highest BCUT2D eigenvalue weighted by molar-refractivity contribution is 5.74. The van der Waals surface area contributed by atoms with Crippen molar-refractivity contribution in [1.82, 2.24) is 14.4 Å². The van der Waals surface area contributed by atoms with E-state index in [1.54, 1.807) is 20.0 Å². The molecule has 0 N–H and O–H groups in total. The second-order valence-electron chi connectivity index (χ2n) is 9.04. The lowest BCUT2D eigenvalue weighted by atomic mass is 9.83.